The molecule has 0 aromatic heterocycles. The fraction of sp³-hybridized carbons (Fsp3) is 0.400. The lowest BCUT2D eigenvalue weighted by molar-refractivity contribution is 0.625. The van der Waals surface area contributed by atoms with Crippen molar-refractivity contribution < 1.29 is 8.60 Å². The highest BCUT2D eigenvalue weighted by atomic mass is 32.2. The molecule has 4 heteroatoms. The van der Waals surface area contributed by atoms with Gasteiger partial charge in [-0.3, -0.25) is 4.21 Å². The van der Waals surface area contributed by atoms with Gasteiger partial charge in [0.1, 0.15) is 5.82 Å². The molecule has 14 heavy (non-hydrogen) atoms. The van der Waals surface area contributed by atoms with Crippen molar-refractivity contribution in [1.82, 2.24) is 5.32 Å². The fourth-order valence-electron chi connectivity index (χ4n) is 0.993. The van der Waals surface area contributed by atoms with Crippen molar-refractivity contribution in [3.8, 4) is 0 Å². The summed E-state index contributed by atoms with van der Waals surface area (Å²) in [5.41, 5.74) is 0. The van der Waals surface area contributed by atoms with E-state index in [1.54, 1.807) is 12.1 Å². The molecule has 0 radical (unpaired) electrons. The minimum absolute atomic E-state index is 0.195. The quantitative estimate of drug-likeness (QED) is 0.825. The summed E-state index contributed by atoms with van der Waals surface area (Å²) >= 11 is 0. The molecule has 2 unspecified atom stereocenters. The molecule has 0 bridgehead atoms. The second-order valence-corrected chi connectivity index (χ2v) is 4.65. The molecule has 0 spiro atoms. The Balaban J connectivity index is 2.65. The summed E-state index contributed by atoms with van der Waals surface area (Å²) in [5.74, 6) is 0.245. The number of nitrogens with one attached hydrogen (secondary N) is 1. The van der Waals surface area contributed by atoms with Crippen LogP contribution < -0.4 is 5.32 Å². The minimum atomic E-state index is -1.05. The highest BCUT2D eigenvalue weighted by Gasteiger charge is 2.07. The van der Waals surface area contributed by atoms with E-state index in [1.165, 1.54) is 12.1 Å². The van der Waals surface area contributed by atoms with Crippen LogP contribution in [0.5, 0.6) is 0 Å². The zero-order valence-electron chi connectivity index (χ0n) is 8.29. The standard InChI is InChI=1S/C10H14FNOS/c1-8(12-2)7-14(13)10-5-3-9(11)4-6-10/h3-6,8,12H,7H2,1-2H3. The molecule has 0 amide bonds. The van der Waals surface area contributed by atoms with Crippen molar-refractivity contribution in [3.63, 3.8) is 0 Å². The highest BCUT2D eigenvalue weighted by molar-refractivity contribution is 7.85. The van der Waals surface area contributed by atoms with E-state index in [0.717, 1.165) is 0 Å². The Hall–Kier alpha value is -0.740. The third-order valence-electron chi connectivity index (χ3n) is 1.97. The van der Waals surface area contributed by atoms with Gasteiger partial charge in [0.25, 0.3) is 0 Å². The molecule has 0 saturated carbocycles. The minimum Gasteiger partial charge on any atom is -0.316 e. The molecule has 0 fully saturated rings. The second kappa shape index (κ2) is 5.22. The molecule has 0 aliphatic carbocycles. The van der Waals surface area contributed by atoms with Gasteiger partial charge in [-0.2, -0.15) is 0 Å². The fourth-order valence-corrected chi connectivity index (χ4v) is 2.25. The third kappa shape index (κ3) is 3.20. The largest absolute Gasteiger partial charge is 0.316 e. The van der Waals surface area contributed by atoms with Crippen LogP contribution in [0.3, 0.4) is 0 Å². The Bertz CT molecular complexity index is 312. The summed E-state index contributed by atoms with van der Waals surface area (Å²) in [4.78, 5) is 0.675. The lowest BCUT2D eigenvalue weighted by Crippen LogP contribution is -2.27. The Morgan fingerprint density at radius 1 is 1.43 bits per heavy atom. The number of hydrogen-bond acceptors (Lipinski definition) is 2. The molecular weight excluding hydrogens is 201 g/mol. The van der Waals surface area contributed by atoms with Crippen LogP contribution in [0.1, 0.15) is 6.92 Å². The van der Waals surface area contributed by atoms with Crippen molar-refractivity contribution >= 4 is 10.8 Å². The lowest BCUT2D eigenvalue weighted by atomic mass is 10.3. The summed E-state index contributed by atoms with van der Waals surface area (Å²) in [7, 11) is 0.775. The van der Waals surface area contributed by atoms with Gasteiger partial charge in [0, 0.05) is 16.7 Å². The lowest BCUT2D eigenvalue weighted by Gasteiger charge is -2.09. The van der Waals surface area contributed by atoms with Gasteiger partial charge < -0.3 is 5.32 Å². The Morgan fingerprint density at radius 2 is 2.00 bits per heavy atom. The summed E-state index contributed by atoms with van der Waals surface area (Å²) in [5, 5.41) is 3.01. The maximum Gasteiger partial charge on any atom is 0.123 e. The van der Waals surface area contributed by atoms with Gasteiger partial charge in [0.2, 0.25) is 0 Å². The predicted octanol–water partition coefficient (Wildman–Crippen LogP) is 1.54. The van der Waals surface area contributed by atoms with Crippen molar-refractivity contribution in [2.24, 2.45) is 0 Å². The predicted molar refractivity (Wildman–Crippen MR) is 56.2 cm³/mol. The van der Waals surface area contributed by atoms with Crippen LogP contribution in [0.4, 0.5) is 4.39 Å². The molecule has 78 valence electrons. The third-order valence-corrected chi connectivity index (χ3v) is 3.57. The van der Waals surface area contributed by atoms with Gasteiger partial charge >= 0.3 is 0 Å². The first-order valence-electron chi connectivity index (χ1n) is 4.44. The molecular formula is C10H14FNOS. The van der Waals surface area contributed by atoms with Crippen molar-refractivity contribution in [2.75, 3.05) is 12.8 Å². The van der Waals surface area contributed by atoms with Crippen LogP contribution in [-0.2, 0) is 10.8 Å². The first-order chi connectivity index (χ1) is 6.63. The normalized spacial score (nSPS) is 15.1. The summed E-state index contributed by atoms with van der Waals surface area (Å²) in [6, 6.07) is 5.98. The van der Waals surface area contributed by atoms with Gasteiger partial charge in [-0.1, -0.05) is 0 Å². The molecule has 2 atom stereocenters. The monoisotopic (exact) mass is 215 g/mol. The average Bonchev–Trinajstić information content (AvgIpc) is 2.18. The molecule has 0 saturated heterocycles. The van der Waals surface area contributed by atoms with E-state index in [2.05, 4.69) is 5.32 Å². The average molecular weight is 215 g/mol. The van der Waals surface area contributed by atoms with Crippen LogP contribution >= 0.6 is 0 Å². The Labute approximate surface area is 86.0 Å². The second-order valence-electron chi connectivity index (χ2n) is 3.16. The summed E-state index contributed by atoms with van der Waals surface area (Å²) < 4.78 is 24.2. The Kier molecular flexibility index (Phi) is 4.22. The van der Waals surface area contributed by atoms with Crippen LogP contribution in [0.25, 0.3) is 0 Å². The zero-order chi connectivity index (χ0) is 10.6. The van der Waals surface area contributed by atoms with Crippen molar-refractivity contribution in [1.29, 1.82) is 0 Å². The van der Waals surface area contributed by atoms with Gasteiger partial charge in [0.05, 0.1) is 10.8 Å². The number of hydrogen-bond donors (Lipinski definition) is 1. The maximum atomic E-state index is 12.6. The SMILES string of the molecule is CNC(C)CS(=O)c1ccc(F)cc1. The van der Waals surface area contributed by atoms with Gasteiger partial charge in [-0.25, -0.2) is 4.39 Å². The molecule has 0 heterocycles. The van der Waals surface area contributed by atoms with E-state index in [-0.39, 0.29) is 11.9 Å². The van der Waals surface area contributed by atoms with Crippen LogP contribution in [-0.4, -0.2) is 23.1 Å². The van der Waals surface area contributed by atoms with E-state index in [9.17, 15) is 8.60 Å². The van der Waals surface area contributed by atoms with Crippen LogP contribution in [0.15, 0.2) is 29.2 Å². The van der Waals surface area contributed by atoms with E-state index in [4.69, 9.17) is 0 Å². The summed E-state index contributed by atoms with van der Waals surface area (Å²) in [6.45, 7) is 1.96. The van der Waals surface area contributed by atoms with E-state index < -0.39 is 10.8 Å². The molecule has 2 nitrogen and oxygen atoms in total. The molecule has 0 aliphatic heterocycles. The highest BCUT2D eigenvalue weighted by Crippen LogP contribution is 2.08. The maximum absolute atomic E-state index is 12.6. The molecule has 1 aromatic carbocycles. The molecule has 1 N–H and O–H groups in total. The molecule has 1 aromatic rings. The first kappa shape index (κ1) is 11.3. The van der Waals surface area contributed by atoms with E-state index in [1.807, 2.05) is 14.0 Å². The smallest absolute Gasteiger partial charge is 0.123 e. The van der Waals surface area contributed by atoms with Crippen LogP contribution in [0, 0.1) is 5.82 Å². The number of halogens is 1. The Morgan fingerprint density at radius 3 is 2.50 bits per heavy atom. The topological polar surface area (TPSA) is 29.1 Å². The molecule has 1 rings (SSSR count). The first-order valence-corrected chi connectivity index (χ1v) is 5.76. The van der Waals surface area contributed by atoms with Crippen LogP contribution in [0.2, 0.25) is 0 Å². The van der Waals surface area contributed by atoms with Gasteiger partial charge in [-0.15, -0.1) is 0 Å². The van der Waals surface area contributed by atoms with E-state index in [0.29, 0.717) is 10.6 Å². The van der Waals surface area contributed by atoms with Gasteiger partial charge in [0.15, 0.2) is 0 Å². The van der Waals surface area contributed by atoms with Crippen molar-refractivity contribution in [2.45, 2.75) is 17.9 Å². The van der Waals surface area contributed by atoms with Crippen molar-refractivity contribution in [3.05, 3.63) is 30.1 Å². The zero-order valence-corrected chi connectivity index (χ0v) is 9.10. The van der Waals surface area contributed by atoms with E-state index >= 15 is 0 Å². The molecule has 0 aliphatic rings. The number of benzene rings is 1. The summed E-state index contributed by atoms with van der Waals surface area (Å²) in [6.07, 6.45) is 0. The van der Waals surface area contributed by atoms with Gasteiger partial charge in [-0.05, 0) is 38.2 Å². The number of rotatable bonds is 4.